The molecule has 4 nitrogen and oxygen atoms in total. The number of thiophene rings is 1. The lowest BCUT2D eigenvalue weighted by Crippen LogP contribution is -2.14. The maximum Gasteiger partial charge on any atom is 0.259 e. The number of hydrogen-bond acceptors (Lipinski definition) is 4. The van der Waals surface area contributed by atoms with Gasteiger partial charge in [0, 0.05) is 16.8 Å². The zero-order chi connectivity index (χ0) is 22.7. The number of para-hydroxylation sites is 1. The minimum Gasteiger partial charge on any atom is -0.489 e. The van der Waals surface area contributed by atoms with Crippen LogP contribution in [-0.4, -0.2) is 18.2 Å². The first-order valence-electron chi connectivity index (χ1n) is 10.6. The van der Waals surface area contributed by atoms with Crippen molar-refractivity contribution in [2.75, 3.05) is 5.32 Å². The van der Waals surface area contributed by atoms with Crippen LogP contribution in [0, 0.1) is 7.14 Å². The summed E-state index contributed by atoms with van der Waals surface area (Å²) in [5, 5.41) is 3.84. The van der Waals surface area contributed by atoms with Gasteiger partial charge in [-0.15, -0.1) is 11.3 Å². The van der Waals surface area contributed by atoms with Crippen molar-refractivity contribution in [3.05, 3.63) is 71.2 Å². The van der Waals surface area contributed by atoms with Crippen molar-refractivity contribution in [2.24, 2.45) is 4.99 Å². The van der Waals surface area contributed by atoms with Crippen LogP contribution in [-0.2, 0) is 12.8 Å². The normalized spacial score (nSPS) is 13.4. The first kappa shape index (κ1) is 23.7. The number of aliphatic imine (C=N–C) groups is 1. The van der Waals surface area contributed by atoms with E-state index in [1.807, 2.05) is 50.4 Å². The topological polar surface area (TPSA) is 50.7 Å². The summed E-state index contributed by atoms with van der Waals surface area (Å²) in [7, 11) is 0. The lowest BCUT2D eigenvalue weighted by molar-refractivity contribution is 0.102. The molecule has 0 radical (unpaired) electrons. The lowest BCUT2D eigenvalue weighted by Gasteiger charge is -2.14. The highest BCUT2D eigenvalue weighted by Gasteiger charge is 2.25. The fourth-order valence-corrected chi connectivity index (χ4v) is 7.03. The molecule has 1 aliphatic rings. The molecule has 32 heavy (non-hydrogen) atoms. The van der Waals surface area contributed by atoms with Crippen LogP contribution in [0.25, 0.3) is 0 Å². The summed E-state index contributed by atoms with van der Waals surface area (Å²) in [4.78, 5) is 19.3. The van der Waals surface area contributed by atoms with Crippen LogP contribution in [0.5, 0.6) is 5.75 Å². The van der Waals surface area contributed by atoms with E-state index in [0.717, 1.165) is 54.0 Å². The Balaban J connectivity index is 1.66. The third-order valence-electron chi connectivity index (χ3n) is 5.12. The summed E-state index contributed by atoms with van der Waals surface area (Å²) in [6.07, 6.45) is 6.24. The summed E-state index contributed by atoms with van der Waals surface area (Å²) in [5.41, 5.74) is 3.70. The first-order chi connectivity index (χ1) is 15.4. The Hall–Kier alpha value is -1.46. The van der Waals surface area contributed by atoms with E-state index in [1.54, 1.807) is 11.3 Å². The first-order valence-corrected chi connectivity index (χ1v) is 13.6. The van der Waals surface area contributed by atoms with Crippen molar-refractivity contribution in [2.45, 2.75) is 45.6 Å². The van der Waals surface area contributed by atoms with Crippen LogP contribution in [0.15, 0.2) is 47.5 Å². The third-order valence-corrected chi connectivity index (χ3v) is 7.92. The van der Waals surface area contributed by atoms with E-state index in [2.05, 4.69) is 62.6 Å². The number of ether oxygens (including phenoxy) is 1. The molecule has 7 heteroatoms. The fourth-order valence-electron chi connectivity index (χ4n) is 3.73. The Bertz CT molecular complexity index is 1130. The van der Waals surface area contributed by atoms with Gasteiger partial charge in [-0.1, -0.05) is 18.2 Å². The van der Waals surface area contributed by atoms with E-state index in [9.17, 15) is 4.79 Å². The summed E-state index contributed by atoms with van der Waals surface area (Å²) in [6, 6.07) is 13.7. The average Bonchev–Trinajstić information content (AvgIpc) is 3.14. The quantitative estimate of drug-likeness (QED) is 0.217. The van der Waals surface area contributed by atoms with Gasteiger partial charge in [-0.25, -0.2) is 4.99 Å². The minimum absolute atomic E-state index is 0.0763. The van der Waals surface area contributed by atoms with Crippen LogP contribution in [0.3, 0.4) is 0 Å². The number of halogens is 2. The number of hydrogen-bond donors (Lipinski definition) is 1. The third kappa shape index (κ3) is 5.53. The second-order valence-electron chi connectivity index (χ2n) is 7.95. The van der Waals surface area contributed by atoms with Gasteiger partial charge < -0.3 is 10.1 Å². The molecule has 0 spiro atoms. The van der Waals surface area contributed by atoms with Gasteiger partial charge in [-0.05, 0) is 120 Å². The van der Waals surface area contributed by atoms with E-state index in [0.29, 0.717) is 0 Å². The van der Waals surface area contributed by atoms with Gasteiger partial charge >= 0.3 is 0 Å². The number of anilines is 1. The molecule has 4 rings (SSSR count). The Labute approximate surface area is 220 Å². The predicted molar refractivity (Wildman–Crippen MR) is 150 cm³/mol. The van der Waals surface area contributed by atoms with Gasteiger partial charge in [0.2, 0.25) is 0 Å². The molecule has 0 unspecified atom stereocenters. The molecule has 2 aromatic carbocycles. The number of nitrogens with one attached hydrogen (secondary N) is 1. The number of benzene rings is 2. The number of aryl methyl sites for hydroxylation is 1. The summed E-state index contributed by atoms with van der Waals surface area (Å²) in [5.74, 6) is 0.834. The van der Waals surface area contributed by atoms with Crippen molar-refractivity contribution in [1.82, 2.24) is 0 Å². The predicted octanol–water partition coefficient (Wildman–Crippen LogP) is 7.63. The monoisotopic (exact) mass is 670 g/mol. The maximum atomic E-state index is 13.2. The number of rotatable bonds is 6. The molecule has 166 valence electrons. The minimum atomic E-state index is -0.0763. The highest BCUT2D eigenvalue weighted by molar-refractivity contribution is 14.1. The largest absolute Gasteiger partial charge is 0.489 e. The van der Waals surface area contributed by atoms with Crippen LogP contribution < -0.4 is 10.1 Å². The summed E-state index contributed by atoms with van der Waals surface area (Å²) >= 11 is 6.26. The second-order valence-corrected chi connectivity index (χ2v) is 11.4. The molecule has 1 aliphatic carbocycles. The average molecular weight is 670 g/mol. The molecular formula is C25H24I2N2O2S. The number of carbonyl (C=O) groups excluding carboxylic acids is 1. The van der Waals surface area contributed by atoms with Crippen LogP contribution in [0.4, 0.5) is 10.7 Å². The van der Waals surface area contributed by atoms with E-state index >= 15 is 0 Å². The Kier molecular flexibility index (Phi) is 7.88. The Morgan fingerprint density at radius 3 is 2.50 bits per heavy atom. The van der Waals surface area contributed by atoms with Gasteiger partial charge in [-0.3, -0.25) is 4.79 Å². The van der Waals surface area contributed by atoms with E-state index in [4.69, 9.17) is 9.73 Å². The van der Waals surface area contributed by atoms with Gasteiger partial charge in [0.25, 0.3) is 5.91 Å². The summed E-state index contributed by atoms with van der Waals surface area (Å²) in [6.45, 7) is 4.06. The highest BCUT2D eigenvalue weighted by atomic mass is 127. The molecule has 1 aromatic heterocycles. The molecule has 1 N–H and O–H groups in total. The smallest absolute Gasteiger partial charge is 0.259 e. The lowest BCUT2D eigenvalue weighted by atomic mass is 9.95. The van der Waals surface area contributed by atoms with Gasteiger partial charge in [0.05, 0.1) is 18.8 Å². The Morgan fingerprint density at radius 1 is 1.12 bits per heavy atom. The van der Waals surface area contributed by atoms with Crippen molar-refractivity contribution in [1.29, 1.82) is 0 Å². The molecule has 0 bridgehead atoms. The fraction of sp³-hybridized carbons (Fsp3) is 0.280. The SMILES string of the molecule is CC(C)Oc1c(I)cc(C=Nc2sc3c(c2C(=O)Nc2ccccc2)CCCC3)cc1I. The van der Waals surface area contributed by atoms with E-state index < -0.39 is 0 Å². The zero-order valence-corrected chi connectivity index (χ0v) is 23.1. The second kappa shape index (κ2) is 10.6. The van der Waals surface area contributed by atoms with Crippen molar-refractivity contribution < 1.29 is 9.53 Å². The molecular weight excluding hydrogens is 646 g/mol. The molecule has 0 saturated carbocycles. The molecule has 1 amide bonds. The molecule has 0 saturated heterocycles. The molecule has 0 aliphatic heterocycles. The molecule has 3 aromatic rings. The number of fused-ring (bicyclic) bond motifs is 1. The summed E-state index contributed by atoms with van der Waals surface area (Å²) < 4.78 is 8.05. The molecule has 1 heterocycles. The standard InChI is InChI=1S/C25H24I2N2O2S/c1-15(2)31-23-19(26)12-16(13-20(23)27)14-28-25-22(18-10-6-7-11-21(18)32-25)24(30)29-17-8-4-3-5-9-17/h3-5,8-9,12-15H,6-7,10-11H2,1-2H3,(H,29,30). The number of carbonyl (C=O) groups is 1. The van der Waals surface area contributed by atoms with Gasteiger partial charge in [-0.2, -0.15) is 0 Å². The van der Waals surface area contributed by atoms with E-state index in [1.165, 1.54) is 16.9 Å². The number of nitrogens with zero attached hydrogens (tertiary/aromatic N) is 1. The number of amides is 1. The maximum absolute atomic E-state index is 13.2. The van der Waals surface area contributed by atoms with E-state index in [-0.39, 0.29) is 12.0 Å². The van der Waals surface area contributed by atoms with Crippen LogP contribution in [0.2, 0.25) is 0 Å². The van der Waals surface area contributed by atoms with Gasteiger partial charge in [0.1, 0.15) is 10.8 Å². The van der Waals surface area contributed by atoms with Crippen molar-refractivity contribution >= 4 is 79.3 Å². The van der Waals surface area contributed by atoms with Gasteiger partial charge in [0.15, 0.2) is 0 Å². The van der Waals surface area contributed by atoms with Crippen LogP contribution >= 0.6 is 56.5 Å². The van der Waals surface area contributed by atoms with Crippen molar-refractivity contribution in [3.8, 4) is 5.75 Å². The van der Waals surface area contributed by atoms with Crippen molar-refractivity contribution in [3.63, 3.8) is 0 Å². The molecule has 0 atom stereocenters. The van der Waals surface area contributed by atoms with Crippen LogP contribution in [0.1, 0.15) is 53.1 Å². The Morgan fingerprint density at radius 2 is 1.81 bits per heavy atom. The highest BCUT2D eigenvalue weighted by Crippen LogP contribution is 2.40. The zero-order valence-electron chi connectivity index (χ0n) is 18.0. The molecule has 0 fully saturated rings.